The predicted molar refractivity (Wildman–Crippen MR) is 76.7 cm³/mol. The standard InChI is InChI=1S/C14H23N3O3/c1-4-6-9-17-12(18)8-7-11(16-17)13(19)15-10-14(3,20)5-2/h7-8,20H,4-6,9-10H2,1-3H3,(H,15,19). The lowest BCUT2D eigenvalue weighted by Crippen LogP contribution is -2.40. The molecule has 0 bridgehead atoms. The Kier molecular flexibility index (Phi) is 5.88. The van der Waals surface area contributed by atoms with Crippen molar-refractivity contribution in [1.29, 1.82) is 0 Å². The monoisotopic (exact) mass is 281 g/mol. The van der Waals surface area contributed by atoms with Gasteiger partial charge in [-0.25, -0.2) is 4.68 Å². The predicted octanol–water partition coefficient (Wildman–Crippen LogP) is 0.934. The molecule has 112 valence electrons. The minimum atomic E-state index is -0.938. The van der Waals surface area contributed by atoms with Gasteiger partial charge in [0.1, 0.15) is 5.69 Å². The van der Waals surface area contributed by atoms with Crippen LogP contribution in [-0.4, -0.2) is 32.9 Å². The summed E-state index contributed by atoms with van der Waals surface area (Å²) in [7, 11) is 0. The summed E-state index contributed by atoms with van der Waals surface area (Å²) in [5, 5.41) is 16.5. The average molecular weight is 281 g/mol. The fourth-order valence-electron chi connectivity index (χ4n) is 1.52. The van der Waals surface area contributed by atoms with Gasteiger partial charge in [0.05, 0.1) is 5.60 Å². The second-order valence-corrected chi connectivity index (χ2v) is 5.17. The number of aryl methyl sites for hydroxylation is 1. The number of aliphatic hydroxyl groups is 1. The molecule has 0 aliphatic heterocycles. The first-order chi connectivity index (χ1) is 9.39. The molecule has 0 aliphatic carbocycles. The average Bonchev–Trinajstić information content (AvgIpc) is 2.44. The van der Waals surface area contributed by atoms with E-state index in [4.69, 9.17) is 0 Å². The number of hydrogen-bond acceptors (Lipinski definition) is 4. The van der Waals surface area contributed by atoms with Crippen LogP contribution in [0, 0.1) is 0 Å². The highest BCUT2D eigenvalue weighted by molar-refractivity contribution is 5.92. The number of unbranched alkanes of at least 4 members (excludes halogenated alkanes) is 1. The Bertz CT molecular complexity index is 509. The Balaban J connectivity index is 2.76. The van der Waals surface area contributed by atoms with E-state index in [1.807, 2.05) is 13.8 Å². The van der Waals surface area contributed by atoms with Crippen LogP contribution in [0.3, 0.4) is 0 Å². The van der Waals surface area contributed by atoms with Gasteiger partial charge in [-0.1, -0.05) is 20.3 Å². The van der Waals surface area contributed by atoms with Crippen molar-refractivity contribution in [3.05, 3.63) is 28.2 Å². The highest BCUT2D eigenvalue weighted by Crippen LogP contribution is 2.06. The van der Waals surface area contributed by atoms with Crippen LogP contribution in [0.25, 0.3) is 0 Å². The van der Waals surface area contributed by atoms with Gasteiger partial charge in [0.25, 0.3) is 11.5 Å². The van der Waals surface area contributed by atoms with E-state index in [-0.39, 0.29) is 23.7 Å². The number of aromatic nitrogens is 2. The normalized spacial score (nSPS) is 13.8. The topological polar surface area (TPSA) is 84.2 Å². The largest absolute Gasteiger partial charge is 0.388 e. The SMILES string of the molecule is CCCCn1nc(C(=O)NCC(C)(O)CC)ccc1=O. The smallest absolute Gasteiger partial charge is 0.271 e. The second kappa shape index (κ2) is 7.19. The van der Waals surface area contributed by atoms with Crippen LogP contribution in [0.2, 0.25) is 0 Å². The Hall–Kier alpha value is -1.69. The molecule has 1 aromatic heterocycles. The number of amides is 1. The van der Waals surface area contributed by atoms with Gasteiger partial charge in [-0.3, -0.25) is 9.59 Å². The van der Waals surface area contributed by atoms with E-state index in [1.165, 1.54) is 16.8 Å². The molecule has 2 N–H and O–H groups in total. The summed E-state index contributed by atoms with van der Waals surface area (Å²) in [5.41, 5.74) is -0.963. The lowest BCUT2D eigenvalue weighted by Gasteiger charge is -2.21. The zero-order chi connectivity index (χ0) is 15.2. The minimum Gasteiger partial charge on any atom is -0.388 e. The summed E-state index contributed by atoms with van der Waals surface area (Å²) in [6, 6.07) is 2.75. The van der Waals surface area contributed by atoms with Gasteiger partial charge in [-0.2, -0.15) is 5.10 Å². The van der Waals surface area contributed by atoms with Gasteiger partial charge >= 0.3 is 0 Å². The maximum absolute atomic E-state index is 11.9. The Morgan fingerprint density at radius 3 is 2.75 bits per heavy atom. The van der Waals surface area contributed by atoms with Crippen LogP contribution in [-0.2, 0) is 6.54 Å². The molecular formula is C14H23N3O3. The number of carbonyl (C=O) groups excluding carboxylic acids is 1. The van der Waals surface area contributed by atoms with Crippen LogP contribution in [0.1, 0.15) is 50.5 Å². The molecule has 6 heteroatoms. The molecule has 1 atom stereocenters. The van der Waals surface area contributed by atoms with Crippen molar-refractivity contribution in [1.82, 2.24) is 15.1 Å². The van der Waals surface area contributed by atoms with Crippen molar-refractivity contribution >= 4 is 5.91 Å². The number of nitrogens with one attached hydrogen (secondary N) is 1. The van der Waals surface area contributed by atoms with Gasteiger partial charge in [0.2, 0.25) is 0 Å². The summed E-state index contributed by atoms with van der Waals surface area (Å²) in [6.07, 6.45) is 2.32. The zero-order valence-corrected chi connectivity index (χ0v) is 12.3. The van der Waals surface area contributed by atoms with Crippen molar-refractivity contribution in [3.8, 4) is 0 Å². The first kappa shape index (κ1) is 16.4. The highest BCUT2D eigenvalue weighted by atomic mass is 16.3. The maximum Gasteiger partial charge on any atom is 0.271 e. The quantitative estimate of drug-likeness (QED) is 0.779. The molecule has 0 fully saturated rings. The van der Waals surface area contributed by atoms with Gasteiger partial charge in [0.15, 0.2) is 0 Å². The molecule has 1 heterocycles. The molecule has 1 aromatic rings. The summed E-state index contributed by atoms with van der Waals surface area (Å²) in [4.78, 5) is 23.5. The van der Waals surface area contributed by atoms with E-state index in [0.717, 1.165) is 12.8 Å². The van der Waals surface area contributed by atoms with E-state index in [2.05, 4.69) is 10.4 Å². The number of nitrogens with zero attached hydrogens (tertiary/aromatic N) is 2. The Morgan fingerprint density at radius 2 is 2.15 bits per heavy atom. The van der Waals surface area contributed by atoms with E-state index < -0.39 is 5.60 Å². The van der Waals surface area contributed by atoms with Gasteiger partial charge < -0.3 is 10.4 Å². The first-order valence-corrected chi connectivity index (χ1v) is 6.98. The van der Waals surface area contributed by atoms with Crippen LogP contribution in [0.5, 0.6) is 0 Å². The van der Waals surface area contributed by atoms with Crippen molar-refractivity contribution < 1.29 is 9.90 Å². The van der Waals surface area contributed by atoms with E-state index >= 15 is 0 Å². The molecule has 1 amide bonds. The van der Waals surface area contributed by atoms with Crippen LogP contribution in [0.4, 0.5) is 0 Å². The van der Waals surface area contributed by atoms with Crippen molar-refractivity contribution in [3.63, 3.8) is 0 Å². The molecule has 1 unspecified atom stereocenters. The first-order valence-electron chi connectivity index (χ1n) is 6.98. The summed E-state index contributed by atoms with van der Waals surface area (Å²) < 4.78 is 1.30. The Morgan fingerprint density at radius 1 is 1.45 bits per heavy atom. The van der Waals surface area contributed by atoms with Gasteiger partial charge in [0, 0.05) is 19.2 Å². The number of carbonyl (C=O) groups is 1. The maximum atomic E-state index is 11.9. The van der Waals surface area contributed by atoms with Crippen LogP contribution in [0.15, 0.2) is 16.9 Å². The van der Waals surface area contributed by atoms with E-state index in [9.17, 15) is 14.7 Å². The number of hydrogen-bond donors (Lipinski definition) is 2. The molecule has 0 saturated heterocycles. The highest BCUT2D eigenvalue weighted by Gasteiger charge is 2.19. The van der Waals surface area contributed by atoms with Crippen LogP contribution < -0.4 is 10.9 Å². The molecule has 0 spiro atoms. The Labute approximate surface area is 118 Å². The van der Waals surface area contributed by atoms with Crippen molar-refractivity contribution in [2.45, 2.75) is 52.2 Å². The van der Waals surface area contributed by atoms with E-state index in [0.29, 0.717) is 13.0 Å². The fourth-order valence-corrected chi connectivity index (χ4v) is 1.52. The molecule has 1 rings (SSSR count). The summed E-state index contributed by atoms with van der Waals surface area (Å²) >= 11 is 0. The second-order valence-electron chi connectivity index (χ2n) is 5.17. The van der Waals surface area contributed by atoms with Crippen LogP contribution >= 0.6 is 0 Å². The molecular weight excluding hydrogens is 258 g/mol. The fraction of sp³-hybridized carbons (Fsp3) is 0.643. The third kappa shape index (κ3) is 4.77. The van der Waals surface area contributed by atoms with Crippen molar-refractivity contribution in [2.75, 3.05) is 6.54 Å². The van der Waals surface area contributed by atoms with Gasteiger partial charge in [-0.15, -0.1) is 0 Å². The van der Waals surface area contributed by atoms with Gasteiger partial charge in [-0.05, 0) is 25.8 Å². The molecule has 0 saturated carbocycles. The lowest BCUT2D eigenvalue weighted by molar-refractivity contribution is 0.0516. The molecule has 6 nitrogen and oxygen atoms in total. The summed E-state index contributed by atoms with van der Waals surface area (Å²) in [6.45, 7) is 6.17. The zero-order valence-electron chi connectivity index (χ0n) is 12.3. The number of rotatable bonds is 7. The molecule has 20 heavy (non-hydrogen) atoms. The van der Waals surface area contributed by atoms with Crippen molar-refractivity contribution in [2.24, 2.45) is 0 Å². The molecule has 0 aromatic carbocycles. The third-order valence-electron chi connectivity index (χ3n) is 3.21. The molecule has 0 aliphatic rings. The van der Waals surface area contributed by atoms with E-state index in [1.54, 1.807) is 6.92 Å². The molecule has 0 radical (unpaired) electrons. The lowest BCUT2D eigenvalue weighted by atomic mass is 10.0. The minimum absolute atomic E-state index is 0.151. The summed E-state index contributed by atoms with van der Waals surface area (Å²) in [5.74, 6) is -0.385. The third-order valence-corrected chi connectivity index (χ3v) is 3.21.